The Morgan fingerprint density at radius 2 is 2.36 bits per heavy atom. The molecule has 1 aliphatic rings. The third kappa shape index (κ3) is 4.76. The van der Waals surface area contributed by atoms with Crippen molar-refractivity contribution >= 4 is 28.9 Å². The van der Waals surface area contributed by atoms with E-state index in [1.807, 2.05) is 18.6 Å². The molecule has 7 heteroatoms. The fourth-order valence-corrected chi connectivity index (χ4v) is 4.36. The Labute approximate surface area is 158 Å². The van der Waals surface area contributed by atoms with Gasteiger partial charge >= 0.3 is 0 Å². The van der Waals surface area contributed by atoms with E-state index in [2.05, 4.69) is 45.9 Å². The molecule has 25 heavy (non-hydrogen) atoms. The summed E-state index contributed by atoms with van der Waals surface area (Å²) < 4.78 is 3.08. The van der Waals surface area contributed by atoms with Gasteiger partial charge in [-0.05, 0) is 31.4 Å². The Hall–Kier alpha value is -1.53. The van der Waals surface area contributed by atoms with Crippen LogP contribution in [0.25, 0.3) is 0 Å². The first-order chi connectivity index (χ1) is 12.2. The molecule has 136 valence electrons. The van der Waals surface area contributed by atoms with Crippen molar-refractivity contribution in [3.05, 3.63) is 40.1 Å². The molecule has 1 fully saturated rings. The van der Waals surface area contributed by atoms with Gasteiger partial charge in [0.2, 0.25) is 0 Å². The maximum Gasteiger partial charge on any atom is 0.193 e. The van der Waals surface area contributed by atoms with E-state index in [-0.39, 0.29) is 0 Å². The molecule has 0 bridgehead atoms. The highest BCUT2D eigenvalue weighted by atomic mass is 35.5. The van der Waals surface area contributed by atoms with Crippen molar-refractivity contribution in [3.8, 4) is 0 Å². The second kappa shape index (κ2) is 8.72. The lowest BCUT2D eigenvalue weighted by atomic mass is 9.93. The normalized spacial score (nSPS) is 21.6. The van der Waals surface area contributed by atoms with Crippen LogP contribution in [-0.4, -0.2) is 46.6 Å². The highest BCUT2D eigenvalue weighted by Crippen LogP contribution is 2.27. The van der Waals surface area contributed by atoms with Crippen molar-refractivity contribution in [2.45, 2.75) is 32.7 Å². The Kier molecular flexibility index (Phi) is 6.37. The van der Waals surface area contributed by atoms with Gasteiger partial charge in [0.05, 0.1) is 16.7 Å². The number of piperidine rings is 1. The molecule has 3 rings (SSSR count). The summed E-state index contributed by atoms with van der Waals surface area (Å²) in [6, 6.07) is 4.49. The third-order valence-corrected chi connectivity index (χ3v) is 6.00. The van der Waals surface area contributed by atoms with Gasteiger partial charge in [-0.2, -0.15) is 0 Å². The van der Waals surface area contributed by atoms with E-state index < -0.39 is 0 Å². The van der Waals surface area contributed by atoms with Crippen LogP contribution in [0.5, 0.6) is 0 Å². The van der Waals surface area contributed by atoms with Crippen molar-refractivity contribution < 1.29 is 0 Å². The zero-order chi connectivity index (χ0) is 17.6. The van der Waals surface area contributed by atoms with Gasteiger partial charge in [-0.1, -0.05) is 18.5 Å². The Morgan fingerprint density at radius 1 is 1.48 bits per heavy atom. The highest BCUT2D eigenvalue weighted by Gasteiger charge is 2.28. The summed E-state index contributed by atoms with van der Waals surface area (Å²) >= 11 is 7.65. The fraction of sp³-hybridized carbons (Fsp3) is 0.556. The van der Waals surface area contributed by atoms with E-state index in [4.69, 9.17) is 16.6 Å². The average molecular weight is 380 g/mol. The minimum atomic E-state index is 0.441. The number of hydrogen-bond acceptors (Lipinski definition) is 3. The van der Waals surface area contributed by atoms with Crippen molar-refractivity contribution in [1.29, 1.82) is 0 Å². The number of imidazole rings is 1. The van der Waals surface area contributed by atoms with Crippen LogP contribution in [0.4, 0.5) is 0 Å². The van der Waals surface area contributed by atoms with Crippen LogP contribution < -0.4 is 5.32 Å². The van der Waals surface area contributed by atoms with E-state index in [0.29, 0.717) is 12.0 Å². The van der Waals surface area contributed by atoms with E-state index in [1.165, 1.54) is 4.88 Å². The summed E-state index contributed by atoms with van der Waals surface area (Å²) in [6.45, 7) is 8.12. The van der Waals surface area contributed by atoms with E-state index in [9.17, 15) is 0 Å². The number of hydrogen-bond donors (Lipinski definition) is 1. The van der Waals surface area contributed by atoms with Crippen molar-refractivity contribution in [3.63, 3.8) is 0 Å². The molecule has 0 aromatic carbocycles. The number of nitrogens with zero attached hydrogens (tertiary/aromatic N) is 4. The van der Waals surface area contributed by atoms with Gasteiger partial charge in [-0.3, -0.25) is 4.99 Å². The van der Waals surface area contributed by atoms with Crippen molar-refractivity contribution in [1.82, 2.24) is 19.8 Å². The smallest absolute Gasteiger partial charge is 0.193 e. The summed E-state index contributed by atoms with van der Waals surface area (Å²) in [4.78, 5) is 12.7. The quantitative estimate of drug-likeness (QED) is 0.636. The van der Waals surface area contributed by atoms with Crippen molar-refractivity contribution in [2.75, 3.05) is 26.2 Å². The van der Waals surface area contributed by atoms with E-state index in [0.717, 1.165) is 49.3 Å². The number of rotatable bonds is 5. The van der Waals surface area contributed by atoms with Gasteiger partial charge < -0.3 is 14.8 Å². The van der Waals surface area contributed by atoms with Gasteiger partial charge in [0.1, 0.15) is 0 Å². The minimum Gasteiger partial charge on any atom is -0.357 e. The van der Waals surface area contributed by atoms with Crippen LogP contribution in [0.3, 0.4) is 0 Å². The molecule has 0 amide bonds. The van der Waals surface area contributed by atoms with E-state index in [1.54, 1.807) is 11.3 Å². The SMILES string of the molecule is CCNC(=NCCc1ccc(Cl)s1)N1CCC(C)C(n2ccnc2)C1. The standard InChI is InChI=1S/C18H26ClN5S/c1-3-21-18(22-8-6-15-4-5-17(19)25-15)23-10-7-14(2)16(12-23)24-11-9-20-13-24/h4-5,9,11,13-14,16H,3,6-8,10,12H2,1-2H3,(H,21,22). The zero-order valence-corrected chi connectivity index (χ0v) is 16.4. The summed E-state index contributed by atoms with van der Waals surface area (Å²) in [5.41, 5.74) is 0. The molecule has 5 nitrogen and oxygen atoms in total. The number of halogens is 1. The molecule has 1 saturated heterocycles. The number of aliphatic imine (C=N–C) groups is 1. The second-order valence-electron chi connectivity index (χ2n) is 6.48. The number of likely N-dealkylation sites (tertiary alicyclic amines) is 1. The number of thiophene rings is 1. The first-order valence-electron chi connectivity index (χ1n) is 8.92. The second-order valence-corrected chi connectivity index (χ2v) is 8.28. The zero-order valence-electron chi connectivity index (χ0n) is 14.9. The molecule has 1 aliphatic heterocycles. The number of nitrogens with one attached hydrogen (secondary N) is 1. The molecule has 2 aromatic rings. The predicted molar refractivity (Wildman–Crippen MR) is 106 cm³/mol. The van der Waals surface area contributed by atoms with Gasteiger partial charge in [-0.25, -0.2) is 4.98 Å². The fourth-order valence-electron chi connectivity index (χ4n) is 3.28. The van der Waals surface area contributed by atoms with Crippen LogP contribution in [0.15, 0.2) is 35.8 Å². The molecule has 1 N–H and O–H groups in total. The first-order valence-corrected chi connectivity index (χ1v) is 10.1. The molecule has 0 spiro atoms. The predicted octanol–water partition coefficient (Wildman–Crippen LogP) is 3.69. The molecule has 0 radical (unpaired) electrons. The summed E-state index contributed by atoms with van der Waals surface area (Å²) in [7, 11) is 0. The first kappa shape index (κ1) is 18.3. The molecule has 2 atom stereocenters. The summed E-state index contributed by atoms with van der Waals surface area (Å²) in [5, 5.41) is 3.45. The van der Waals surface area contributed by atoms with Gasteiger partial charge in [-0.15, -0.1) is 11.3 Å². The largest absolute Gasteiger partial charge is 0.357 e. The maximum absolute atomic E-state index is 6.01. The Morgan fingerprint density at radius 3 is 3.04 bits per heavy atom. The highest BCUT2D eigenvalue weighted by molar-refractivity contribution is 7.16. The lowest BCUT2D eigenvalue weighted by Crippen LogP contribution is -2.49. The lowest BCUT2D eigenvalue weighted by molar-refractivity contribution is 0.189. The lowest BCUT2D eigenvalue weighted by Gasteiger charge is -2.39. The van der Waals surface area contributed by atoms with Gasteiger partial charge in [0.25, 0.3) is 0 Å². The maximum atomic E-state index is 6.01. The average Bonchev–Trinajstić information content (AvgIpc) is 3.26. The molecule has 0 aliphatic carbocycles. The molecule has 2 unspecified atom stereocenters. The number of aromatic nitrogens is 2. The third-order valence-electron chi connectivity index (χ3n) is 4.71. The minimum absolute atomic E-state index is 0.441. The molecule has 3 heterocycles. The topological polar surface area (TPSA) is 45.5 Å². The monoisotopic (exact) mass is 379 g/mol. The summed E-state index contributed by atoms with van der Waals surface area (Å²) in [5.74, 6) is 1.66. The van der Waals surface area contributed by atoms with Crippen LogP contribution in [-0.2, 0) is 6.42 Å². The van der Waals surface area contributed by atoms with E-state index >= 15 is 0 Å². The number of guanidine groups is 1. The Balaban J connectivity index is 1.65. The molecular formula is C18H26ClN5S. The molecule has 2 aromatic heterocycles. The van der Waals surface area contributed by atoms with Crippen molar-refractivity contribution in [2.24, 2.45) is 10.9 Å². The van der Waals surface area contributed by atoms with Gasteiger partial charge in [0, 0.05) is 49.9 Å². The van der Waals surface area contributed by atoms with Gasteiger partial charge in [0.15, 0.2) is 5.96 Å². The van der Waals surface area contributed by atoms with Crippen LogP contribution in [0, 0.1) is 5.92 Å². The summed E-state index contributed by atoms with van der Waals surface area (Å²) in [6.07, 6.45) is 7.94. The van der Waals surface area contributed by atoms with Crippen LogP contribution in [0.1, 0.15) is 31.2 Å². The van der Waals surface area contributed by atoms with Crippen LogP contribution in [0.2, 0.25) is 4.34 Å². The molecular weight excluding hydrogens is 354 g/mol. The molecule has 0 saturated carbocycles. The Bertz CT molecular complexity index is 681. The van der Waals surface area contributed by atoms with Crippen LogP contribution >= 0.6 is 22.9 Å².